The van der Waals surface area contributed by atoms with Crippen LogP contribution in [-0.4, -0.2) is 24.0 Å². The van der Waals surface area contributed by atoms with E-state index < -0.39 is 0 Å². The molecule has 1 fully saturated rings. The fourth-order valence-corrected chi connectivity index (χ4v) is 6.35. The Bertz CT molecular complexity index is 493. The van der Waals surface area contributed by atoms with Crippen LogP contribution in [0.25, 0.3) is 0 Å². The highest BCUT2D eigenvalue weighted by Crippen LogP contribution is 2.34. The minimum atomic E-state index is 0.500. The first-order chi connectivity index (χ1) is 18.1. The summed E-state index contributed by atoms with van der Waals surface area (Å²) in [5.74, 6) is 0. The van der Waals surface area contributed by atoms with Gasteiger partial charge < -0.3 is 0 Å². The Morgan fingerprint density at radius 1 is 0.595 bits per heavy atom. The van der Waals surface area contributed by atoms with Crippen LogP contribution < -0.4 is 0 Å². The molecule has 37 heavy (non-hydrogen) atoms. The molecule has 1 heterocycles. The molecule has 1 atom stereocenters. The topological polar surface area (TPSA) is 3.24 Å². The monoisotopic (exact) mass is 518 g/mol. The van der Waals surface area contributed by atoms with Crippen LogP contribution in [0.1, 0.15) is 195 Å². The zero-order valence-electron chi connectivity index (χ0n) is 26.5. The Kier molecular flexibility index (Phi) is 23.2. The van der Waals surface area contributed by atoms with Crippen molar-refractivity contribution < 1.29 is 0 Å². The summed E-state index contributed by atoms with van der Waals surface area (Å²) >= 11 is 0. The van der Waals surface area contributed by atoms with Crippen molar-refractivity contribution in [2.24, 2.45) is 5.41 Å². The van der Waals surface area contributed by atoms with Gasteiger partial charge in [-0.2, -0.15) is 0 Å². The highest BCUT2D eigenvalue weighted by Gasteiger charge is 2.29. The van der Waals surface area contributed by atoms with Crippen molar-refractivity contribution in [3.05, 3.63) is 12.2 Å². The van der Waals surface area contributed by atoms with Gasteiger partial charge in [-0.05, 0) is 57.0 Å². The molecule has 0 aliphatic carbocycles. The summed E-state index contributed by atoms with van der Waals surface area (Å²) in [4.78, 5) is 2.84. The van der Waals surface area contributed by atoms with Crippen molar-refractivity contribution in [3.63, 3.8) is 0 Å². The van der Waals surface area contributed by atoms with Crippen molar-refractivity contribution in [3.8, 4) is 0 Å². The van der Waals surface area contributed by atoms with Gasteiger partial charge in [0, 0.05) is 6.04 Å². The van der Waals surface area contributed by atoms with E-state index in [0.717, 1.165) is 0 Å². The summed E-state index contributed by atoms with van der Waals surface area (Å²) in [6.07, 6.45) is 42.3. The smallest absolute Gasteiger partial charge is 0.0283 e. The van der Waals surface area contributed by atoms with Crippen LogP contribution in [0, 0.1) is 5.41 Å². The third-order valence-corrected chi connectivity index (χ3v) is 8.91. The van der Waals surface area contributed by atoms with E-state index in [0.29, 0.717) is 11.5 Å². The molecule has 1 heteroatoms. The van der Waals surface area contributed by atoms with Gasteiger partial charge in [0.25, 0.3) is 0 Å². The first-order valence-electron chi connectivity index (χ1n) is 17.5. The van der Waals surface area contributed by atoms with Gasteiger partial charge >= 0.3 is 0 Å². The molecule has 0 bridgehead atoms. The van der Waals surface area contributed by atoms with Gasteiger partial charge in [0.2, 0.25) is 0 Å². The maximum atomic E-state index is 2.84. The molecule has 1 saturated heterocycles. The molecule has 0 amide bonds. The normalized spacial score (nSPS) is 18.5. The van der Waals surface area contributed by atoms with E-state index in [1.165, 1.54) is 180 Å². The van der Waals surface area contributed by atoms with Crippen LogP contribution in [0.4, 0.5) is 0 Å². The Hall–Kier alpha value is -0.300. The van der Waals surface area contributed by atoms with Crippen LogP contribution in [0.15, 0.2) is 12.2 Å². The van der Waals surface area contributed by atoms with Gasteiger partial charge in [0.05, 0.1) is 0 Å². The van der Waals surface area contributed by atoms with Crippen molar-refractivity contribution in [1.29, 1.82) is 0 Å². The van der Waals surface area contributed by atoms with E-state index in [1.54, 1.807) is 0 Å². The zero-order chi connectivity index (χ0) is 26.9. The van der Waals surface area contributed by atoms with E-state index in [4.69, 9.17) is 0 Å². The maximum Gasteiger partial charge on any atom is 0.0283 e. The van der Waals surface area contributed by atoms with Crippen molar-refractivity contribution in [2.75, 3.05) is 13.1 Å². The standard InChI is InChI=1S/C36H71N/c1-5-7-9-11-13-14-15-16-17-18-19-20-21-22-23-24-26-28-32-37-33-29-31-36(3,4)34-35(37)30-27-25-12-10-8-6-2/h27,30,35H,5-26,28-29,31-34H2,1-4H3. The minimum Gasteiger partial charge on any atom is -0.297 e. The molecule has 1 unspecified atom stereocenters. The molecular weight excluding hydrogens is 446 g/mol. The van der Waals surface area contributed by atoms with Crippen molar-refractivity contribution in [1.82, 2.24) is 4.90 Å². The van der Waals surface area contributed by atoms with Crippen LogP contribution in [0.2, 0.25) is 0 Å². The first-order valence-corrected chi connectivity index (χ1v) is 17.5. The maximum absolute atomic E-state index is 2.84. The zero-order valence-corrected chi connectivity index (χ0v) is 26.5. The number of rotatable bonds is 25. The Labute approximate surface area is 236 Å². The second-order valence-electron chi connectivity index (χ2n) is 13.4. The number of allylic oxidation sites excluding steroid dienone is 1. The average molecular weight is 518 g/mol. The quantitative estimate of drug-likeness (QED) is 0.0859. The fraction of sp³-hybridized carbons (Fsp3) is 0.944. The van der Waals surface area contributed by atoms with Crippen LogP contribution >= 0.6 is 0 Å². The second-order valence-corrected chi connectivity index (χ2v) is 13.4. The molecular formula is C36H71N. The summed E-state index contributed by atoms with van der Waals surface area (Å²) < 4.78 is 0. The summed E-state index contributed by atoms with van der Waals surface area (Å²) in [7, 11) is 0. The van der Waals surface area contributed by atoms with E-state index in [1.807, 2.05) is 0 Å². The largest absolute Gasteiger partial charge is 0.297 e. The molecule has 0 aromatic heterocycles. The molecule has 0 radical (unpaired) electrons. The van der Waals surface area contributed by atoms with Crippen LogP contribution in [0.3, 0.4) is 0 Å². The van der Waals surface area contributed by atoms with Gasteiger partial charge in [-0.25, -0.2) is 0 Å². The summed E-state index contributed by atoms with van der Waals surface area (Å²) in [6, 6.07) is 0.675. The number of hydrogen-bond donors (Lipinski definition) is 0. The molecule has 0 aromatic carbocycles. The van der Waals surface area contributed by atoms with Gasteiger partial charge in [-0.3, -0.25) is 4.90 Å². The van der Waals surface area contributed by atoms with Crippen LogP contribution in [-0.2, 0) is 0 Å². The van der Waals surface area contributed by atoms with Gasteiger partial charge in [-0.15, -0.1) is 0 Å². The highest BCUT2D eigenvalue weighted by atomic mass is 15.2. The number of nitrogens with zero attached hydrogens (tertiary/aromatic N) is 1. The van der Waals surface area contributed by atoms with Crippen molar-refractivity contribution in [2.45, 2.75) is 201 Å². The molecule has 0 saturated carbocycles. The summed E-state index contributed by atoms with van der Waals surface area (Å²) in [6.45, 7) is 12.2. The van der Waals surface area contributed by atoms with Crippen LogP contribution in [0.5, 0.6) is 0 Å². The van der Waals surface area contributed by atoms with Gasteiger partial charge in [0.1, 0.15) is 0 Å². The summed E-state index contributed by atoms with van der Waals surface area (Å²) in [5, 5.41) is 0. The minimum absolute atomic E-state index is 0.500. The molecule has 1 nitrogen and oxygen atoms in total. The number of unbranched alkanes of at least 4 members (excludes halogenated alkanes) is 21. The first kappa shape index (κ1) is 34.7. The predicted octanol–water partition coefficient (Wildman–Crippen LogP) is 12.4. The third-order valence-electron chi connectivity index (χ3n) is 8.91. The van der Waals surface area contributed by atoms with E-state index in [2.05, 4.69) is 44.7 Å². The Morgan fingerprint density at radius 2 is 1.03 bits per heavy atom. The number of likely N-dealkylation sites (tertiary alicyclic amines) is 1. The lowest BCUT2D eigenvalue weighted by Crippen LogP contribution is -2.35. The number of hydrogen-bond acceptors (Lipinski definition) is 1. The lowest BCUT2D eigenvalue weighted by molar-refractivity contribution is 0.205. The predicted molar refractivity (Wildman–Crippen MR) is 170 cm³/mol. The average Bonchev–Trinajstić information content (AvgIpc) is 3.02. The van der Waals surface area contributed by atoms with E-state index >= 15 is 0 Å². The lowest BCUT2D eigenvalue weighted by atomic mass is 9.82. The van der Waals surface area contributed by atoms with E-state index in [-0.39, 0.29) is 0 Å². The fourth-order valence-electron chi connectivity index (χ4n) is 6.35. The molecule has 0 spiro atoms. The van der Waals surface area contributed by atoms with Gasteiger partial charge in [-0.1, -0.05) is 168 Å². The van der Waals surface area contributed by atoms with Crippen molar-refractivity contribution >= 4 is 0 Å². The molecule has 1 aliphatic heterocycles. The second kappa shape index (κ2) is 24.7. The molecule has 0 N–H and O–H groups in total. The van der Waals surface area contributed by atoms with E-state index in [9.17, 15) is 0 Å². The molecule has 220 valence electrons. The lowest BCUT2D eigenvalue weighted by Gasteiger charge is -2.31. The highest BCUT2D eigenvalue weighted by molar-refractivity contribution is 4.98. The Morgan fingerprint density at radius 3 is 1.51 bits per heavy atom. The van der Waals surface area contributed by atoms with Gasteiger partial charge in [0.15, 0.2) is 0 Å². The Balaban J connectivity index is 2.02. The molecule has 1 rings (SSSR count). The SMILES string of the molecule is CCCCCCC=CC1CC(C)(C)CCCN1CCCCCCCCCCCCCCCCCCCC. The third kappa shape index (κ3) is 21.2. The molecule has 1 aliphatic rings. The molecule has 0 aromatic rings. The summed E-state index contributed by atoms with van der Waals surface area (Å²) in [5.41, 5.74) is 0.500.